The molecule has 1 unspecified atom stereocenters. The molecule has 0 spiro atoms. The number of aromatic amines is 1. The molecule has 0 bridgehead atoms. The summed E-state index contributed by atoms with van der Waals surface area (Å²) in [6.07, 6.45) is -5.14. The van der Waals surface area contributed by atoms with Gasteiger partial charge in [0.05, 0.1) is 12.1 Å². The van der Waals surface area contributed by atoms with Crippen LogP contribution < -0.4 is 0 Å². The van der Waals surface area contributed by atoms with E-state index < -0.39 is 23.8 Å². The number of hydrogen-bond acceptors (Lipinski definition) is 1. The van der Waals surface area contributed by atoms with Crippen LogP contribution in [-0.2, 0) is 0 Å². The van der Waals surface area contributed by atoms with E-state index in [9.17, 15) is 18.0 Å². The fourth-order valence-electron chi connectivity index (χ4n) is 1.27. The first kappa shape index (κ1) is 12.1. The van der Waals surface area contributed by atoms with Crippen molar-refractivity contribution in [3.8, 4) is 0 Å². The Balaban J connectivity index is 2.74. The molecule has 15 heavy (non-hydrogen) atoms. The third kappa shape index (κ3) is 3.58. The van der Waals surface area contributed by atoms with Crippen molar-refractivity contribution in [1.29, 1.82) is 0 Å². The van der Waals surface area contributed by atoms with Gasteiger partial charge in [-0.25, -0.2) is 0 Å². The highest BCUT2D eigenvalue weighted by molar-refractivity contribution is 6.67. The number of rotatable bonds is 3. The van der Waals surface area contributed by atoms with Crippen LogP contribution in [0.4, 0.5) is 13.2 Å². The molecule has 1 heterocycles. The van der Waals surface area contributed by atoms with E-state index in [1.54, 1.807) is 0 Å². The molecule has 0 aliphatic carbocycles. The number of hydrogen-bond donors (Lipinski definition) is 1. The summed E-state index contributed by atoms with van der Waals surface area (Å²) in [6, 6.07) is 2.81. The largest absolute Gasteiger partial charge is 0.389 e. The molecule has 84 valence electrons. The van der Waals surface area contributed by atoms with Crippen LogP contribution in [0.1, 0.15) is 35.4 Å². The van der Waals surface area contributed by atoms with Crippen LogP contribution in [-0.4, -0.2) is 16.4 Å². The summed E-state index contributed by atoms with van der Waals surface area (Å²) in [5, 5.41) is -0.708. The number of nitrogens with one attached hydrogen (secondary N) is 1. The molecular formula is C9H9ClF3NO. The average molecular weight is 240 g/mol. The van der Waals surface area contributed by atoms with Crippen molar-refractivity contribution in [2.24, 2.45) is 0 Å². The molecule has 2 nitrogen and oxygen atoms in total. The highest BCUT2D eigenvalue weighted by atomic mass is 35.5. The molecule has 1 aromatic rings. The highest BCUT2D eigenvalue weighted by Crippen LogP contribution is 2.30. The van der Waals surface area contributed by atoms with E-state index in [4.69, 9.17) is 11.6 Å². The van der Waals surface area contributed by atoms with E-state index in [0.717, 1.165) is 0 Å². The van der Waals surface area contributed by atoms with Crippen molar-refractivity contribution in [3.05, 3.63) is 23.5 Å². The van der Waals surface area contributed by atoms with Gasteiger partial charge in [-0.15, -0.1) is 0 Å². The summed E-state index contributed by atoms with van der Waals surface area (Å²) in [5.41, 5.74) is 0.469. The Hall–Kier alpha value is -0.970. The molecule has 0 amide bonds. The number of carbonyl (C=O) groups excluding carboxylic acids is 1. The lowest BCUT2D eigenvalue weighted by Crippen LogP contribution is -2.12. The van der Waals surface area contributed by atoms with Gasteiger partial charge in [0.1, 0.15) is 0 Å². The first-order valence-corrected chi connectivity index (χ1v) is 4.63. The van der Waals surface area contributed by atoms with Gasteiger partial charge in [0.2, 0.25) is 0 Å². The lowest BCUT2D eigenvalue weighted by molar-refractivity contribution is -0.138. The van der Waals surface area contributed by atoms with Gasteiger partial charge in [-0.2, -0.15) is 13.2 Å². The Morgan fingerprint density at radius 1 is 1.53 bits per heavy atom. The Morgan fingerprint density at radius 2 is 2.13 bits per heavy atom. The fourth-order valence-corrected chi connectivity index (χ4v) is 1.38. The Bertz CT molecular complexity index is 358. The zero-order valence-corrected chi connectivity index (χ0v) is 8.62. The van der Waals surface area contributed by atoms with E-state index in [0.29, 0.717) is 5.69 Å². The monoisotopic (exact) mass is 239 g/mol. The highest BCUT2D eigenvalue weighted by Gasteiger charge is 2.31. The molecule has 1 aromatic heterocycles. The van der Waals surface area contributed by atoms with Crippen molar-refractivity contribution >= 4 is 16.8 Å². The summed E-state index contributed by atoms with van der Waals surface area (Å²) in [4.78, 5) is 13.2. The van der Waals surface area contributed by atoms with Gasteiger partial charge in [-0.3, -0.25) is 4.79 Å². The number of carbonyl (C=O) groups is 1. The SMILES string of the molecule is CC(CC(F)(F)F)c1ccc(C(=O)Cl)[nH]1. The van der Waals surface area contributed by atoms with Crippen LogP contribution >= 0.6 is 11.6 Å². The minimum atomic E-state index is -4.21. The number of halogens is 4. The van der Waals surface area contributed by atoms with Crippen LogP contribution in [0.2, 0.25) is 0 Å². The van der Waals surface area contributed by atoms with Crippen molar-refractivity contribution in [2.45, 2.75) is 25.4 Å². The first-order valence-electron chi connectivity index (χ1n) is 4.25. The third-order valence-electron chi connectivity index (χ3n) is 1.99. The number of aromatic nitrogens is 1. The molecule has 0 aliphatic heterocycles. The van der Waals surface area contributed by atoms with E-state index in [1.807, 2.05) is 0 Å². The maximum atomic E-state index is 12.1. The number of H-pyrrole nitrogens is 1. The summed E-state index contributed by atoms with van der Waals surface area (Å²) in [6.45, 7) is 1.43. The van der Waals surface area contributed by atoms with Crippen molar-refractivity contribution in [1.82, 2.24) is 4.98 Å². The maximum Gasteiger partial charge on any atom is 0.389 e. The smallest absolute Gasteiger partial charge is 0.355 e. The van der Waals surface area contributed by atoms with Gasteiger partial charge in [0.25, 0.3) is 5.24 Å². The molecule has 1 N–H and O–H groups in total. The lowest BCUT2D eigenvalue weighted by Gasteiger charge is -2.12. The van der Waals surface area contributed by atoms with Gasteiger partial charge in [0.15, 0.2) is 0 Å². The van der Waals surface area contributed by atoms with Gasteiger partial charge >= 0.3 is 6.18 Å². The van der Waals surface area contributed by atoms with Crippen LogP contribution in [0.3, 0.4) is 0 Å². The topological polar surface area (TPSA) is 32.9 Å². The molecule has 1 atom stereocenters. The van der Waals surface area contributed by atoms with Crippen LogP contribution in [0.5, 0.6) is 0 Å². The molecule has 1 rings (SSSR count). The van der Waals surface area contributed by atoms with Gasteiger partial charge in [-0.1, -0.05) is 6.92 Å². The minimum Gasteiger partial charge on any atom is -0.355 e. The predicted molar refractivity (Wildman–Crippen MR) is 50.1 cm³/mol. The number of alkyl halides is 3. The van der Waals surface area contributed by atoms with Crippen molar-refractivity contribution < 1.29 is 18.0 Å². The van der Waals surface area contributed by atoms with Gasteiger partial charge in [0, 0.05) is 11.6 Å². The second kappa shape index (κ2) is 4.26. The summed E-state index contributed by atoms with van der Waals surface area (Å²) in [7, 11) is 0. The fraction of sp³-hybridized carbons (Fsp3) is 0.444. The summed E-state index contributed by atoms with van der Waals surface area (Å²) >= 11 is 5.16. The van der Waals surface area contributed by atoms with Crippen LogP contribution in [0, 0.1) is 0 Å². The predicted octanol–water partition coefficient (Wildman–Crippen LogP) is 3.45. The minimum absolute atomic E-state index is 0.112. The van der Waals surface area contributed by atoms with E-state index >= 15 is 0 Å². The lowest BCUT2D eigenvalue weighted by atomic mass is 10.0. The summed E-state index contributed by atoms with van der Waals surface area (Å²) in [5.74, 6) is -0.713. The van der Waals surface area contributed by atoms with E-state index in [-0.39, 0.29) is 5.69 Å². The molecule has 0 saturated carbocycles. The molecule has 0 saturated heterocycles. The van der Waals surface area contributed by atoms with E-state index in [1.165, 1.54) is 19.1 Å². The first-order chi connectivity index (χ1) is 6.79. The Kier molecular flexibility index (Phi) is 3.44. The Morgan fingerprint density at radius 3 is 2.53 bits per heavy atom. The zero-order chi connectivity index (χ0) is 11.6. The molecule has 0 radical (unpaired) electrons. The molecule has 0 aliphatic rings. The van der Waals surface area contributed by atoms with Crippen LogP contribution in [0.25, 0.3) is 0 Å². The van der Waals surface area contributed by atoms with Gasteiger partial charge in [-0.05, 0) is 23.7 Å². The summed E-state index contributed by atoms with van der Waals surface area (Å²) < 4.78 is 36.2. The Labute approximate surface area is 89.4 Å². The molecule has 0 fully saturated rings. The van der Waals surface area contributed by atoms with Gasteiger partial charge < -0.3 is 4.98 Å². The van der Waals surface area contributed by atoms with E-state index in [2.05, 4.69) is 4.98 Å². The molecule has 6 heteroatoms. The molecule has 0 aromatic carbocycles. The normalized spacial score (nSPS) is 13.9. The third-order valence-corrected chi connectivity index (χ3v) is 2.19. The van der Waals surface area contributed by atoms with Crippen LogP contribution in [0.15, 0.2) is 12.1 Å². The zero-order valence-electron chi connectivity index (χ0n) is 7.86. The van der Waals surface area contributed by atoms with Crippen molar-refractivity contribution in [3.63, 3.8) is 0 Å². The quantitative estimate of drug-likeness (QED) is 0.805. The standard InChI is InChI=1S/C9H9ClF3NO/c1-5(4-9(11,12)13)6-2-3-7(14-6)8(10)15/h2-3,5,14H,4H2,1H3. The van der Waals surface area contributed by atoms with Crippen molar-refractivity contribution in [2.75, 3.05) is 0 Å². The second-order valence-corrected chi connectivity index (χ2v) is 3.66. The maximum absolute atomic E-state index is 12.1. The second-order valence-electron chi connectivity index (χ2n) is 3.32. The molecular weight excluding hydrogens is 231 g/mol. The average Bonchev–Trinajstić information content (AvgIpc) is 2.47.